The number of nitrogens with zero attached hydrogens (tertiary/aromatic N) is 1. The van der Waals surface area contributed by atoms with Crippen molar-refractivity contribution in [2.75, 3.05) is 6.61 Å². The minimum Gasteiger partial charge on any atom is -0.456 e. The van der Waals surface area contributed by atoms with E-state index in [1.165, 1.54) is 0 Å². The lowest BCUT2D eigenvalue weighted by molar-refractivity contribution is -0.411. The summed E-state index contributed by atoms with van der Waals surface area (Å²) in [5.41, 5.74) is -0.668. The molecule has 0 bridgehead atoms. The highest BCUT2D eigenvalue weighted by molar-refractivity contribution is 5.86. The fourth-order valence-electron chi connectivity index (χ4n) is 1.72. The van der Waals surface area contributed by atoms with Gasteiger partial charge in [-0.25, -0.2) is 4.79 Å². The highest BCUT2D eigenvalue weighted by Gasteiger charge is 2.97. The number of halogens is 12. The van der Waals surface area contributed by atoms with Crippen molar-refractivity contribution >= 4 is 5.97 Å². The molecule has 0 aromatic rings. The van der Waals surface area contributed by atoms with Gasteiger partial charge in [-0.15, -0.1) is 4.90 Å². The van der Waals surface area contributed by atoms with Gasteiger partial charge in [-0.1, -0.05) is 6.58 Å². The van der Waals surface area contributed by atoms with E-state index in [1.807, 2.05) is 0 Å². The average molecular weight is 413 g/mol. The van der Waals surface area contributed by atoms with Gasteiger partial charge in [-0.05, 0) is 6.92 Å². The molecule has 1 fully saturated rings. The van der Waals surface area contributed by atoms with Gasteiger partial charge in [0.15, 0.2) is 6.61 Å². The van der Waals surface area contributed by atoms with Gasteiger partial charge < -0.3 is 4.74 Å². The van der Waals surface area contributed by atoms with Crippen LogP contribution in [0.2, 0.25) is 0 Å². The first kappa shape index (κ1) is 22.4. The summed E-state index contributed by atoms with van der Waals surface area (Å²) in [5, 5.41) is 0. The lowest BCUT2D eigenvalue weighted by atomic mass is 10.2. The monoisotopic (exact) mass is 413 g/mol. The third-order valence-electron chi connectivity index (χ3n) is 3.17. The van der Waals surface area contributed by atoms with E-state index < -0.39 is 59.0 Å². The van der Waals surface area contributed by atoms with Crippen molar-refractivity contribution in [3.63, 3.8) is 0 Å². The molecule has 1 aliphatic rings. The molecule has 0 aliphatic carbocycles. The lowest BCUT2D eigenvalue weighted by Gasteiger charge is -2.38. The number of esters is 1. The first-order valence-electron chi connectivity index (χ1n) is 6.09. The first-order chi connectivity index (χ1) is 11.2. The molecule has 0 spiro atoms. The molecular weight excluding hydrogens is 406 g/mol. The Labute approximate surface area is 136 Å². The van der Waals surface area contributed by atoms with Crippen LogP contribution >= 0.6 is 0 Å². The fraction of sp³-hybridized carbons (Fsp3) is 0.727. The normalized spacial score (nSPS) is 24.3. The van der Waals surface area contributed by atoms with E-state index in [2.05, 4.69) is 11.3 Å². The molecule has 0 atom stereocenters. The van der Waals surface area contributed by atoms with Crippen molar-refractivity contribution in [3.05, 3.63) is 12.2 Å². The first-order valence-corrected chi connectivity index (χ1v) is 6.09. The van der Waals surface area contributed by atoms with E-state index in [0.29, 0.717) is 0 Å². The van der Waals surface area contributed by atoms with Crippen molar-refractivity contribution in [1.82, 2.24) is 4.90 Å². The third kappa shape index (κ3) is 2.62. The Bertz CT molecular complexity index is 588. The Morgan fingerprint density at radius 1 is 0.923 bits per heavy atom. The van der Waals surface area contributed by atoms with E-state index in [4.69, 9.17) is 0 Å². The van der Waals surface area contributed by atoms with E-state index in [0.717, 1.165) is 6.92 Å². The minimum absolute atomic E-state index is 0.668. The highest BCUT2D eigenvalue weighted by atomic mass is 19.4. The van der Waals surface area contributed by atoms with E-state index in [9.17, 15) is 57.5 Å². The van der Waals surface area contributed by atoms with Crippen molar-refractivity contribution < 1.29 is 62.2 Å². The number of carbonyl (C=O) groups excluding carboxylic acids is 1. The third-order valence-corrected chi connectivity index (χ3v) is 3.17. The second kappa shape index (κ2) is 5.66. The Morgan fingerprint density at radius 2 is 1.27 bits per heavy atom. The van der Waals surface area contributed by atoms with Crippen LogP contribution in [0.25, 0.3) is 0 Å². The molecule has 0 unspecified atom stereocenters. The zero-order chi connectivity index (χ0) is 21.1. The Kier molecular flexibility index (Phi) is 4.87. The van der Waals surface area contributed by atoms with Crippen LogP contribution in [0.1, 0.15) is 6.92 Å². The van der Waals surface area contributed by atoms with Crippen LogP contribution in [0.5, 0.6) is 0 Å². The van der Waals surface area contributed by atoms with Crippen molar-refractivity contribution in [3.8, 4) is 0 Å². The zero-order valence-corrected chi connectivity index (χ0v) is 12.2. The maximum atomic E-state index is 13.6. The van der Waals surface area contributed by atoms with Crippen LogP contribution in [0, 0.1) is 0 Å². The van der Waals surface area contributed by atoms with Crippen LogP contribution in [0.4, 0.5) is 52.7 Å². The average Bonchev–Trinajstić information content (AvgIpc) is 2.49. The highest BCUT2D eigenvalue weighted by Crippen LogP contribution is 2.66. The number of carbonyl (C=O) groups is 1. The molecular formula is C11H7F12NO2. The molecule has 26 heavy (non-hydrogen) atoms. The second-order valence-electron chi connectivity index (χ2n) is 5.17. The summed E-state index contributed by atoms with van der Waals surface area (Å²) in [6.45, 7) is 0.776. The smallest absolute Gasteiger partial charge is 0.394 e. The van der Waals surface area contributed by atoms with Gasteiger partial charge in [0.25, 0.3) is 0 Å². The molecule has 1 rings (SSSR count). The number of rotatable bonds is 5. The van der Waals surface area contributed by atoms with Gasteiger partial charge >= 0.3 is 41.9 Å². The van der Waals surface area contributed by atoms with Crippen LogP contribution in [0.15, 0.2) is 12.2 Å². The Balaban J connectivity index is 3.41. The van der Waals surface area contributed by atoms with Crippen LogP contribution in [-0.4, -0.2) is 53.4 Å². The van der Waals surface area contributed by atoms with E-state index >= 15 is 0 Å². The summed E-state index contributed by atoms with van der Waals surface area (Å²) in [5.74, 6) is -22.2. The molecule has 15 heteroatoms. The quantitative estimate of drug-likeness (QED) is 0.294. The molecule has 0 saturated carbocycles. The zero-order valence-electron chi connectivity index (χ0n) is 12.2. The van der Waals surface area contributed by atoms with Crippen molar-refractivity contribution in [1.29, 1.82) is 0 Å². The number of ether oxygens (including phenoxy) is 1. The Morgan fingerprint density at radius 3 is 1.58 bits per heavy atom. The van der Waals surface area contributed by atoms with Crippen molar-refractivity contribution in [2.24, 2.45) is 0 Å². The van der Waals surface area contributed by atoms with E-state index in [1.54, 1.807) is 0 Å². The standard InChI is InChI=1S/C11H7F12NO2/c1-4(2)5(25)26-3-6(12,13)9(18,19)24-10(20,21)7(14,15)8(16,17)11(24,22)23/h1,3H2,2H3. The van der Waals surface area contributed by atoms with Crippen LogP contribution < -0.4 is 0 Å². The van der Waals surface area contributed by atoms with Crippen molar-refractivity contribution in [2.45, 2.75) is 42.8 Å². The van der Waals surface area contributed by atoms with E-state index in [-0.39, 0.29) is 0 Å². The summed E-state index contributed by atoms with van der Waals surface area (Å²) in [7, 11) is 0. The summed E-state index contributed by atoms with van der Waals surface area (Å²) < 4.78 is 162. The van der Waals surface area contributed by atoms with Crippen LogP contribution in [0.3, 0.4) is 0 Å². The summed E-state index contributed by atoms with van der Waals surface area (Å²) in [6, 6.07) is -21.2. The molecule has 3 nitrogen and oxygen atoms in total. The summed E-state index contributed by atoms with van der Waals surface area (Å²) in [4.78, 5) is 7.28. The van der Waals surface area contributed by atoms with Crippen LogP contribution in [-0.2, 0) is 9.53 Å². The van der Waals surface area contributed by atoms with Gasteiger partial charge in [0.05, 0.1) is 0 Å². The molecule has 0 amide bonds. The molecule has 0 N–H and O–H groups in total. The SMILES string of the molecule is C=C(C)C(=O)OCC(F)(F)C(F)(F)N1C(F)(F)C(F)(F)C(F)(F)C1(F)F. The number of likely N-dealkylation sites (tertiary alicyclic amines) is 1. The molecule has 1 aliphatic heterocycles. The minimum atomic E-state index is -7.13. The number of hydrogen-bond donors (Lipinski definition) is 0. The molecule has 152 valence electrons. The van der Waals surface area contributed by atoms with Gasteiger partial charge in [-0.3, -0.25) is 0 Å². The molecule has 0 aromatic carbocycles. The summed E-state index contributed by atoms with van der Waals surface area (Å²) in [6.07, 6.45) is 0. The van der Waals surface area contributed by atoms with Gasteiger partial charge in [0.1, 0.15) is 0 Å². The van der Waals surface area contributed by atoms with Gasteiger partial charge in [-0.2, -0.15) is 52.7 Å². The number of hydrogen-bond acceptors (Lipinski definition) is 3. The van der Waals surface area contributed by atoms with Gasteiger partial charge in [0.2, 0.25) is 0 Å². The Hall–Kier alpha value is -1.67. The molecule has 1 saturated heterocycles. The topological polar surface area (TPSA) is 29.5 Å². The lowest BCUT2D eigenvalue weighted by Crippen LogP contribution is -2.66. The second-order valence-corrected chi connectivity index (χ2v) is 5.17. The fourth-order valence-corrected chi connectivity index (χ4v) is 1.72. The maximum Gasteiger partial charge on any atom is 0.394 e. The predicted molar refractivity (Wildman–Crippen MR) is 57.3 cm³/mol. The maximum absolute atomic E-state index is 13.6. The number of alkyl halides is 12. The summed E-state index contributed by atoms with van der Waals surface area (Å²) >= 11 is 0. The molecule has 1 heterocycles. The molecule has 0 radical (unpaired) electrons. The van der Waals surface area contributed by atoms with Gasteiger partial charge in [0, 0.05) is 5.57 Å². The predicted octanol–water partition coefficient (Wildman–Crippen LogP) is 4.11. The molecule has 0 aromatic heterocycles. The largest absolute Gasteiger partial charge is 0.456 e.